The first-order valence-electron chi connectivity index (χ1n) is 11.6. The minimum Gasteiger partial charge on any atom is -0.379 e. The lowest BCUT2D eigenvalue weighted by atomic mass is 10.1. The van der Waals surface area contributed by atoms with Crippen molar-refractivity contribution in [1.29, 1.82) is 0 Å². The quantitative estimate of drug-likeness (QED) is 0.504. The maximum Gasteiger partial charge on any atom is 0.179 e. The number of sulfone groups is 2. The third-order valence-corrected chi connectivity index (χ3v) is 9.74. The van der Waals surface area contributed by atoms with E-state index in [4.69, 9.17) is 9.47 Å². The summed E-state index contributed by atoms with van der Waals surface area (Å²) in [6, 6.07) is 13.6. The molecule has 2 aliphatic heterocycles. The van der Waals surface area contributed by atoms with Crippen LogP contribution in [0.3, 0.4) is 0 Å². The molecule has 2 fully saturated rings. The number of rotatable bonds is 9. The third kappa shape index (κ3) is 6.65. The van der Waals surface area contributed by atoms with Gasteiger partial charge in [-0.25, -0.2) is 16.8 Å². The van der Waals surface area contributed by atoms with Crippen LogP contribution in [0.5, 0.6) is 0 Å². The predicted molar refractivity (Wildman–Crippen MR) is 131 cm³/mol. The molecule has 186 valence electrons. The summed E-state index contributed by atoms with van der Waals surface area (Å²) in [6.45, 7) is 6.59. The number of morpholine rings is 2. The molecule has 0 saturated carbocycles. The van der Waals surface area contributed by atoms with E-state index >= 15 is 0 Å². The molecular formula is C24H32N2O6S2. The van der Waals surface area contributed by atoms with Gasteiger partial charge in [-0.2, -0.15) is 0 Å². The van der Waals surface area contributed by atoms with Crippen LogP contribution in [0.25, 0.3) is 11.1 Å². The minimum absolute atomic E-state index is 0.0728. The van der Waals surface area contributed by atoms with Crippen LogP contribution in [0.4, 0.5) is 0 Å². The molecular weight excluding hydrogens is 476 g/mol. The fourth-order valence-corrected chi connectivity index (χ4v) is 6.66. The fraction of sp³-hybridized carbons (Fsp3) is 0.500. The molecule has 0 aliphatic carbocycles. The van der Waals surface area contributed by atoms with Gasteiger partial charge >= 0.3 is 0 Å². The smallest absolute Gasteiger partial charge is 0.179 e. The number of ether oxygens (including phenoxy) is 2. The van der Waals surface area contributed by atoms with Crippen molar-refractivity contribution in [3.63, 3.8) is 0 Å². The highest BCUT2D eigenvalue weighted by Gasteiger charge is 2.20. The van der Waals surface area contributed by atoms with Gasteiger partial charge in [0, 0.05) is 39.3 Å². The zero-order valence-electron chi connectivity index (χ0n) is 19.3. The maximum atomic E-state index is 12.7. The van der Waals surface area contributed by atoms with Crippen LogP contribution in [-0.4, -0.2) is 104 Å². The van der Waals surface area contributed by atoms with Crippen molar-refractivity contribution in [2.24, 2.45) is 0 Å². The molecule has 0 amide bonds. The number of nitrogens with zero attached hydrogens (tertiary/aromatic N) is 2. The molecule has 0 atom stereocenters. The van der Waals surface area contributed by atoms with Crippen molar-refractivity contribution in [2.45, 2.75) is 9.79 Å². The zero-order chi connectivity index (χ0) is 24.0. The summed E-state index contributed by atoms with van der Waals surface area (Å²) in [4.78, 5) is 4.80. The second-order valence-corrected chi connectivity index (χ2v) is 12.8. The van der Waals surface area contributed by atoms with Gasteiger partial charge in [-0.1, -0.05) is 24.3 Å². The van der Waals surface area contributed by atoms with E-state index in [0.29, 0.717) is 49.3 Å². The highest BCUT2D eigenvalue weighted by Crippen LogP contribution is 2.24. The lowest BCUT2D eigenvalue weighted by Gasteiger charge is -2.26. The lowest BCUT2D eigenvalue weighted by Crippen LogP contribution is -2.39. The van der Waals surface area contributed by atoms with Gasteiger partial charge in [0.1, 0.15) is 0 Å². The Balaban J connectivity index is 1.36. The third-order valence-electron chi connectivity index (χ3n) is 6.32. The molecule has 0 bridgehead atoms. The fourth-order valence-electron chi connectivity index (χ4n) is 4.09. The molecule has 0 N–H and O–H groups in total. The van der Waals surface area contributed by atoms with E-state index in [1.807, 2.05) is 0 Å². The molecule has 8 nitrogen and oxygen atoms in total. The van der Waals surface area contributed by atoms with Crippen LogP contribution in [0.15, 0.2) is 58.3 Å². The van der Waals surface area contributed by atoms with Gasteiger partial charge in [0.2, 0.25) is 0 Å². The van der Waals surface area contributed by atoms with E-state index < -0.39 is 19.7 Å². The van der Waals surface area contributed by atoms with Crippen LogP contribution >= 0.6 is 0 Å². The number of hydrogen-bond donors (Lipinski definition) is 0. The monoisotopic (exact) mass is 508 g/mol. The van der Waals surface area contributed by atoms with Crippen molar-refractivity contribution in [3.8, 4) is 11.1 Å². The van der Waals surface area contributed by atoms with E-state index in [9.17, 15) is 16.8 Å². The average Bonchev–Trinajstić information content (AvgIpc) is 2.88. The molecule has 0 unspecified atom stereocenters. The molecule has 2 aromatic carbocycles. The summed E-state index contributed by atoms with van der Waals surface area (Å²) < 4.78 is 61.5. The van der Waals surface area contributed by atoms with Crippen molar-refractivity contribution < 1.29 is 26.3 Å². The molecule has 0 radical (unpaired) electrons. The zero-order valence-corrected chi connectivity index (χ0v) is 20.9. The lowest BCUT2D eigenvalue weighted by molar-refractivity contribution is 0.0407. The van der Waals surface area contributed by atoms with E-state index in [0.717, 1.165) is 37.3 Å². The summed E-state index contributed by atoms with van der Waals surface area (Å²) >= 11 is 0. The van der Waals surface area contributed by atoms with Crippen LogP contribution in [0.1, 0.15) is 0 Å². The number of hydrogen-bond acceptors (Lipinski definition) is 8. The Hall–Kier alpha value is -1.82. The first kappa shape index (κ1) is 25.3. The molecule has 2 aliphatic rings. The number of benzene rings is 2. The first-order chi connectivity index (χ1) is 16.3. The van der Waals surface area contributed by atoms with Gasteiger partial charge in [0.25, 0.3) is 0 Å². The van der Waals surface area contributed by atoms with Crippen molar-refractivity contribution >= 4 is 19.7 Å². The Kier molecular flexibility index (Phi) is 8.39. The van der Waals surface area contributed by atoms with E-state index in [1.165, 1.54) is 0 Å². The predicted octanol–water partition coefficient (Wildman–Crippen LogP) is 1.57. The highest BCUT2D eigenvalue weighted by molar-refractivity contribution is 7.91. The Morgan fingerprint density at radius 2 is 0.882 bits per heavy atom. The second kappa shape index (κ2) is 11.3. The normalized spacial score (nSPS) is 18.7. The molecule has 10 heteroatoms. The largest absolute Gasteiger partial charge is 0.379 e. The van der Waals surface area contributed by atoms with Crippen LogP contribution < -0.4 is 0 Å². The molecule has 2 saturated heterocycles. The van der Waals surface area contributed by atoms with E-state index in [1.54, 1.807) is 48.5 Å². The minimum atomic E-state index is -3.37. The highest BCUT2D eigenvalue weighted by atomic mass is 32.2. The van der Waals surface area contributed by atoms with Crippen molar-refractivity contribution in [3.05, 3.63) is 48.5 Å². The summed E-state index contributed by atoms with van der Waals surface area (Å²) in [6.07, 6.45) is 0. The Bertz CT molecular complexity index is 1040. The van der Waals surface area contributed by atoms with Crippen LogP contribution in [0, 0.1) is 0 Å². The first-order valence-corrected chi connectivity index (χ1v) is 14.9. The topological polar surface area (TPSA) is 93.2 Å². The molecule has 34 heavy (non-hydrogen) atoms. The van der Waals surface area contributed by atoms with Gasteiger partial charge < -0.3 is 9.47 Å². The van der Waals surface area contributed by atoms with Gasteiger partial charge in [0.05, 0.1) is 47.7 Å². The van der Waals surface area contributed by atoms with Gasteiger partial charge in [-0.05, 0) is 35.4 Å². The SMILES string of the molecule is O=S(=O)(CCN1CCOCC1)c1ccc(-c2ccc(S(=O)(=O)CCN3CCOCC3)cc2)cc1. The molecule has 0 aromatic heterocycles. The summed E-state index contributed by atoms with van der Waals surface area (Å²) in [5.41, 5.74) is 1.67. The average molecular weight is 509 g/mol. The van der Waals surface area contributed by atoms with Crippen LogP contribution in [-0.2, 0) is 29.1 Å². The van der Waals surface area contributed by atoms with Gasteiger partial charge in [-0.3, -0.25) is 9.80 Å². The van der Waals surface area contributed by atoms with Gasteiger partial charge in [0.15, 0.2) is 19.7 Å². The van der Waals surface area contributed by atoms with Crippen LogP contribution in [0.2, 0.25) is 0 Å². The molecule has 2 heterocycles. The summed E-state index contributed by atoms with van der Waals surface area (Å²) in [5.74, 6) is 0.146. The van der Waals surface area contributed by atoms with E-state index in [2.05, 4.69) is 9.80 Å². The maximum absolute atomic E-state index is 12.7. The Morgan fingerprint density at radius 1 is 0.559 bits per heavy atom. The Morgan fingerprint density at radius 3 is 1.21 bits per heavy atom. The summed E-state index contributed by atoms with van der Waals surface area (Å²) in [7, 11) is -6.75. The molecule has 0 spiro atoms. The van der Waals surface area contributed by atoms with Gasteiger partial charge in [-0.15, -0.1) is 0 Å². The van der Waals surface area contributed by atoms with Crippen molar-refractivity contribution in [1.82, 2.24) is 9.80 Å². The summed E-state index contributed by atoms with van der Waals surface area (Å²) in [5, 5.41) is 0. The molecule has 4 rings (SSSR count). The Labute approximate surface area is 202 Å². The van der Waals surface area contributed by atoms with E-state index in [-0.39, 0.29) is 11.5 Å². The second-order valence-electron chi connectivity index (χ2n) is 8.59. The van der Waals surface area contributed by atoms with Crippen molar-refractivity contribution in [2.75, 3.05) is 77.2 Å². The molecule has 2 aromatic rings. The standard InChI is InChI=1S/C24H32N2O6S2/c27-33(28,19-13-25-9-15-31-16-10-25)23-5-1-21(2-6-23)22-3-7-24(8-4-22)34(29,30)20-14-26-11-17-32-18-12-26/h1-8H,9-20H2.